The molecule has 1 aliphatic carbocycles. The molecule has 1 amide bonds. The normalized spacial score (nSPS) is 17.8. The van der Waals surface area contributed by atoms with Crippen LogP contribution in [0.1, 0.15) is 51.0 Å². The molecule has 1 saturated carbocycles. The van der Waals surface area contributed by atoms with E-state index in [2.05, 4.69) is 6.92 Å². The third kappa shape index (κ3) is 5.24. The van der Waals surface area contributed by atoms with Crippen molar-refractivity contribution in [3.8, 4) is 22.7 Å². The highest BCUT2D eigenvalue weighted by molar-refractivity contribution is 8.26. The van der Waals surface area contributed by atoms with Crippen LogP contribution in [-0.4, -0.2) is 37.6 Å². The van der Waals surface area contributed by atoms with Crippen molar-refractivity contribution in [2.75, 3.05) is 6.61 Å². The van der Waals surface area contributed by atoms with Crippen LogP contribution in [0, 0.1) is 0 Å². The lowest BCUT2D eigenvalue weighted by molar-refractivity contribution is -0.124. The topological polar surface area (TPSA) is 47.4 Å². The Morgan fingerprint density at radius 2 is 1.94 bits per heavy atom. The first kappa shape index (κ1) is 25.1. The second-order valence-electron chi connectivity index (χ2n) is 9.05. The van der Waals surface area contributed by atoms with Gasteiger partial charge in [-0.2, -0.15) is 5.10 Å². The van der Waals surface area contributed by atoms with Crippen molar-refractivity contribution in [3.05, 3.63) is 70.2 Å². The van der Waals surface area contributed by atoms with E-state index in [4.69, 9.17) is 33.7 Å². The zero-order valence-corrected chi connectivity index (χ0v) is 22.5. The lowest BCUT2D eigenvalue weighted by atomic mass is 9.94. The van der Waals surface area contributed by atoms with E-state index >= 15 is 0 Å². The second kappa shape index (κ2) is 11.2. The van der Waals surface area contributed by atoms with Gasteiger partial charge < -0.3 is 4.74 Å². The number of rotatable bonds is 7. The van der Waals surface area contributed by atoms with Crippen molar-refractivity contribution in [2.45, 2.75) is 51.5 Å². The third-order valence-corrected chi connectivity index (χ3v) is 8.11. The van der Waals surface area contributed by atoms with Crippen molar-refractivity contribution >= 4 is 51.9 Å². The van der Waals surface area contributed by atoms with Gasteiger partial charge in [0.15, 0.2) is 0 Å². The summed E-state index contributed by atoms with van der Waals surface area (Å²) in [5.41, 5.74) is 3.36. The highest BCUT2D eigenvalue weighted by Crippen LogP contribution is 2.39. The summed E-state index contributed by atoms with van der Waals surface area (Å²) in [5.74, 6) is 0.649. The number of halogens is 1. The molecule has 5 nitrogen and oxygen atoms in total. The SMILES string of the molecule is CCCOc1ccc(-c2nn(-c3ccccc3)cc2/C=C2\SC(=S)N(C3CCCCC3)C2=O)cc1Cl. The largest absolute Gasteiger partial charge is 0.492 e. The molecule has 1 saturated heterocycles. The fourth-order valence-corrected chi connectivity index (χ4v) is 6.31. The molecule has 0 N–H and O–H groups in total. The van der Waals surface area contributed by atoms with Gasteiger partial charge >= 0.3 is 0 Å². The summed E-state index contributed by atoms with van der Waals surface area (Å²) in [6.45, 7) is 2.66. The van der Waals surface area contributed by atoms with E-state index in [-0.39, 0.29) is 11.9 Å². The van der Waals surface area contributed by atoms with Crippen LogP contribution in [0.3, 0.4) is 0 Å². The average molecular weight is 538 g/mol. The fourth-order valence-electron chi connectivity index (χ4n) is 4.68. The Morgan fingerprint density at radius 3 is 2.67 bits per heavy atom. The van der Waals surface area contributed by atoms with Crippen molar-refractivity contribution in [1.82, 2.24) is 14.7 Å². The summed E-state index contributed by atoms with van der Waals surface area (Å²) in [6, 6.07) is 15.8. The average Bonchev–Trinajstić information content (AvgIpc) is 3.44. The van der Waals surface area contributed by atoms with Gasteiger partial charge in [0.05, 0.1) is 22.2 Å². The van der Waals surface area contributed by atoms with Gasteiger partial charge in [-0.25, -0.2) is 4.68 Å². The van der Waals surface area contributed by atoms with Crippen LogP contribution in [0.4, 0.5) is 0 Å². The van der Waals surface area contributed by atoms with Gasteiger partial charge in [-0.1, -0.05) is 80.0 Å². The Balaban J connectivity index is 1.53. The summed E-state index contributed by atoms with van der Waals surface area (Å²) in [5, 5.41) is 5.42. The first-order chi connectivity index (χ1) is 17.5. The molecule has 5 rings (SSSR count). The van der Waals surface area contributed by atoms with Crippen LogP contribution in [0.2, 0.25) is 5.02 Å². The molecule has 2 aromatic carbocycles. The van der Waals surface area contributed by atoms with Crippen LogP contribution >= 0.6 is 35.6 Å². The van der Waals surface area contributed by atoms with E-state index in [9.17, 15) is 4.79 Å². The molecule has 0 unspecified atom stereocenters. The van der Waals surface area contributed by atoms with E-state index in [1.807, 2.05) is 70.4 Å². The number of hydrogen-bond acceptors (Lipinski definition) is 5. The van der Waals surface area contributed by atoms with Crippen LogP contribution in [0.25, 0.3) is 23.0 Å². The van der Waals surface area contributed by atoms with Crippen molar-refractivity contribution in [2.24, 2.45) is 0 Å². The Bertz CT molecular complexity index is 1300. The van der Waals surface area contributed by atoms with Gasteiger partial charge in [0.25, 0.3) is 5.91 Å². The molecule has 0 bridgehead atoms. The quantitative estimate of drug-likeness (QED) is 0.230. The molecule has 1 aliphatic heterocycles. The number of benzene rings is 2. The number of para-hydroxylation sites is 1. The van der Waals surface area contributed by atoms with Crippen LogP contribution in [-0.2, 0) is 4.79 Å². The first-order valence-corrected chi connectivity index (χ1v) is 14.0. The number of carbonyl (C=O) groups excluding carboxylic acids is 1. The predicted octanol–water partition coefficient (Wildman–Crippen LogP) is 7.52. The third-order valence-electron chi connectivity index (χ3n) is 6.48. The lowest BCUT2D eigenvalue weighted by Gasteiger charge is -2.29. The minimum absolute atomic E-state index is 0.00310. The van der Waals surface area contributed by atoms with E-state index in [0.29, 0.717) is 26.6 Å². The number of hydrogen-bond donors (Lipinski definition) is 0. The Kier molecular flexibility index (Phi) is 7.79. The van der Waals surface area contributed by atoms with Gasteiger partial charge in [-0.3, -0.25) is 9.69 Å². The molecule has 2 aliphatic rings. The number of nitrogens with zero attached hydrogens (tertiary/aromatic N) is 3. The second-order valence-corrected chi connectivity index (χ2v) is 11.1. The summed E-state index contributed by atoms with van der Waals surface area (Å²) in [6.07, 6.45) is 10.3. The van der Waals surface area contributed by atoms with E-state index in [0.717, 1.165) is 54.6 Å². The molecular formula is C28H28ClN3O2S2. The zero-order chi connectivity index (χ0) is 25.1. The summed E-state index contributed by atoms with van der Waals surface area (Å²) in [4.78, 5) is 15.9. The summed E-state index contributed by atoms with van der Waals surface area (Å²) in [7, 11) is 0. The minimum atomic E-state index is -0.00310. The molecule has 0 spiro atoms. The molecule has 36 heavy (non-hydrogen) atoms. The highest BCUT2D eigenvalue weighted by Gasteiger charge is 2.37. The maximum Gasteiger partial charge on any atom is 0.266 e. The number of thioether (sulfide) groups is 1. The molecule has 8 heteroatoms. The Hall–Kier alpha value is -2.61. The van der Waals surface area contributed by atoms with E-state index in [1.165, 1.54) is 18.2 Å². The van der Waals surface area contributed by atoms with Gasteiger partial charge in [-0.05, 0) is 55.7 Å². The minimum Gasteiger partial charge on any atom is -0.492 e. The molecule has 2 fully saturated rings. The van der Waals surface area contributed by atoms with Crippen LogP contribution in [0.15, 0.2) is 59.6 Å². The number of aromatic nitrogens is 2. The molecule has 3 aromatic rings. The smallest absolute Gasteiger partial charge is 0.266 e. The summed E-state index contributed by atoms with van der Waals surface area (Å²) >= 11 is 13.6. The van der Waals surface area contributed by atoms with Crippen molar-refractivity contribution < 1.29 is 9.53 Å². The molecule has 1 aromatic heterocycles. The van der Waals surface area contributed by atoms with Gasteiger partial charge in [0.2, 0.25) is 0 Å². The highest BCUT2D eigenvalue weighted by atomic mass is 35.5. The van der Waals surface area contributed by atoms with Crippen LogP contribution < -0.4 is 4.74 Å². The van der Waals surface area contributed by atoms with Crippen molar-refractivity contribution in [1.29, 1.82) is 0 Å². The number of amides is 1. The van der Waals surface area contributed by atoms with Gasteiger partial charge in [0, 0.05) is 23.4 Å². The Morgan fingerprint density at radius 1 is 1.17 bits per heavy atom. The molecule has 0 atom stereocenters. The first-order valence-electron chi connectivity index (χ1n) is 12.4. The predicted molar refractivity (Wildman–Crippen MR) is 152 cm³/mol. The van der Waals surface area contributed by atoms with Gasteiger partial charge in [0.1, 0.15) is 15.8 Å². The number of thiocarbonyl (C=S) groups is 1. The molecular weight excluding hydrogens is 510 g/mol. The molecule has 2 heterocycles. The Labute approximate surface area is 226 Å². The number of carbonyl (C=O) groups is 1. The lowest BCUT2D eigenvalue weighted by Crippen LogP contribution is -2.39. The standard InChI is InChI=1S/C28H28ClN3O2S2/c1-2-15-34-24-14-13-19(16-23(24)29)26-20(18-31(30-26)21-9-5-3-6-10-21)17-25-27(33)32(28(35)36-25)22-11-7-4-8-12-22/h3,5-6,9-10,13-14,16-18,22H,2,4,7-8,11-12,15H2,1H3/b25-17-. The van der Waals surface area contributed by atoms with Crippen LogP contribution in [0.5, 0.6) is 5.75 Å². The zero-order valence-electron chi connectivity index (χ0n) is 20.2. The van der Waals surface area contributed by atoms with E-state index < -0.39 is 0 Å². The number of ether oxygens (including phenoxy) is 1. The maximum absolute atomic E-state index is 13.4. The molecule has 186 valence electrons. The van der Waals surface area contributed by atoms with Crippen molar-refractivity contribution in [3.63, 3.8) is 0 Å². The fraction of sp³-hybridized carbons (Fsp3) is 0.321. The van der Waals surface area contributed by atoms with E-state index in [1.54, 1.807) is 0 Å². The molecule has 0 radical (unpaired) electrons. The summed E-state index contributed by atoms with van der Waals surface area (Å²) < 4.78 is 8.23. The monoisotopic (exact) mass is 537 g/mol. The maximum atomic E-state index is 13.4. The van der Waals surface area contributed by atoms with Gasteiger partial charge in [-0.15, -0.1) is 0 Å².